The fraction of sp³-hybridized carbons (Fsp3) is 0.161. The molecule has 1 aromatic heterocycles. The predicted octanol–water partition coefficient (Wildman–Crippen LogP) is 4.69. The number of aryl methyl sites for hydroxylation is 1. The number of nitrogens with two attached hydrogens (primary N) is 2. The topological polar surface area (TPSA) is 129 Å². The average molecular weight is 535 g/mol. The number of benzene rings is 3. The molecule has 2 heterocycles. The van der Waals surface area contributed by atoms with Gasteiger partial charge in [-0.3, -0.25) is 9.80 Å². The molecule has 1 aliphatic rings. The molecule has 1 unspecified atom stereocenters. The van der Waals surface area contributed by atoms with Crippen LogP contribution in [0.5, 0.6) is 11.5 Å². The lowest BCUT2D eigenvalue weighted by molar-refractivity contribution is 0.104. The summed E-state index contributed by atoms with van der Waals surface area (Å²) in [7, 11) is 3.03. The number of fused-ring (bicyclic) bond motifs is 1. The summed E-state index contributed by atoms with van der Waals surface area (Å²) in [4.78, 5) is 21.7. The van der Waals surface area contributed by atoms with Crippen molar-refractivity contribution in [1.29, 1.82) is 0 Å². The molecule has 0 spiro atoms. The van der Waals surface area contributed by atoms with Crippen LogP contribution in [0.1, 0.15) is 49.8 Å². The zero-order chi connectivity index (χ0) is 28.2. The van der Waals surface area contributed by atoms with Crippen LogP contribution in [0.2, 0.25) is 0 Å². The van der Waals surface area contributed by atoms with Crippen molar-refractivity contribution in [3.8, 4) is 11.5 Å². The third kappa shape index (κ3) is 5.35. The van der Waals surface area contributed by atoms with E-state index in [9.17, 15) is 4.79 Å². The molecular formula is C31H30N6O3. The highest BCUT2D eigenvalue weighted by atomic mass is 16.5. The first-order valence-electron chi connectivity index (χ1n) is 12.7. The molecule has 0 bridgehead atoms. The average Bonchev–Trinajstić information content (AvgIpc) is 2.96. The summed E-state index contributed by atoms with van der Waals surface area (Å²) in [5, 5.41) is 6.47. The van der Waals surface area contributed by atoms with Crippen LogP contribution in [0, 0.1) is 6.92 Å². The normalized spacial score (nSPS) is 14.3. The molecule has 9 heteroatoms. The minimum Gasteiger partial charge on any atom is -0.493 e. The van der Waals surface area contributed by atoms with Gasteiger partial charge in [-0.2, -0.15) is 10.1 Å². The van der Waals surface area contributed by atoms with Crippen LogP contribution >= 0.6 is 0 Å². The van der Waals surface area contributed by atoms with Crippen LogP contribution < -0.4 is 20.9 Å². The first-order valence-corrected chi connectivity index (χ1v) is 12.7. The van der Waals surface area contributed by atoms with Crippen molar-refractivity contribution >= 4 is 23.8 Å². The van der Waals surface area contributed by atoms with Crippen molar-refractivity contribution in [2.24, 2.45) is 5.10 Å². The van der Waals surface area contributed by atoms with Crippen molar-refractivity contribution in [3.05, 3.63) is 118 Å². The number of anilines is 2. The van der Waals surface area contributed by atoms with Crippen molar-refractivity contribution in [3.63, 3.8) is 0 Å². The molecule has 0 fully saturated rings. The Bertz CT molecular complexity index is 1630. The number of carbonyl (C=O) groups excluding carboxylic acids is 1. The third-order valence-corrected chi connectivity index (χ3v) is 6.74. The van der Waals surface area contributed by atoms with Crippen LogP contribution in [0.25, 0.3) is 0 Å². The highest BCUT2D eigenvalue weighted by molar-refractivity contribution is 6.07. The van der Waals surface area contributed by atoms with Crippen molar-refractivity contribution in [1.82, 2.24) is 15.0 Å². The van der Waals surface area contributed by atoms with E-state index in [1.807, 2.05) is 24.3 Å². The fourth-order valence-corrected chi connectivity index (χ4v) is 4.84. The first kappa shape index (κ1) is 26.4. The number of carbonyl (C=O) groups is 1. The second-order valence-electron chi connectivity index (χ2n) is 9.44. The van der Waals surface area contributed by atoms with E-state index in [1.54, 1.807) is 35.8 Å². The van der Waals surface area contributed by atoms with Gasteiger partial charge in [0, 0.05) is 36.0 Å². The third-order valence-electron chi connectivity index (χ3n) is 6.74. The Kier molecular flexibility index (Phi) is 7.46. The number of nitrogens with zero attached hydrogens (tertiary/aromatic N) is 4. The minimum atomic E-state index is -0.268. The lowest BCUT2D eigenvalue weighted by Gasteiger charge is -2.31. The van der Waals surface area contributed by atoms with Crippen LogP contribution in [0.3, 0.4) is 0 Å². The molecule has 40 heavy (non-hydrogen) atoms. The number of nitrogen functional groups attached to an aromatic ring is 2. The monoisotopic (exact) mass is 534 g/mol. The Morgan fingerprint density at radius 2 is 1.88 bits per heavy atom. The number of aromatic nitrogens is 2. The van der Waals surface area contributed by atoms with Crippen molar-refractivity contribution < 1.29 is 14.3 Å². The maximum absolute atomic E-state index is 13.6. The smallest absolute Gasteiger partial charge is 0.221 e. The molecular weight excluding hydrogens is 504 g/mol. The molecule has 0 radical (unpaired) electrons. The van der Waals surface area contributed by atoms with Gasteiger partial charge in [-0.15, -0.1) is 0 Å². The molecule has 202 valence electrons. The van der Waals surface area contributed by atoms with E-state index in [0.29, 0.717) is 29.0 Å². The summed E-state index contributed by atoms with van der Waals surface area (Å²) in [5.41, 5.74) is 17.8. The molecule has 9 nitrogen and oxygen atoms in total. The Labute approximate surface area is 232 Å². The summed E-state index contributed by atoms with van der Waals surface area (Å²) in [6.45, 7) is 2.06. The van der Waals surface area contributed by atoms with Crippen molar-refractivity contribution in [2.75, 3.05) is 25.7 Å². The van der Waals surface area contributed by atoms with Gasteiger partial charge in [-0.1, -0.05) is 54.1 Å². The number of ether oxygens (including phenoxy) is 2. The lowest BCUT2D eigenvalue weighted by atomic mass is 9.92. The van der Waals surface area contributed by atoms with Crippen LogP contribution in [0.4, 0.5) is 11.8 Å². The van der Waals surface area contributed by atoms with Gasteiger partial charge in [-0.05, 0) is 35.7 Å². The van der Waals surface area contributed by atoms with Crippen LogP contribution in [-0.4, -0.2) is 41.2 Å². The van der Waals surface area contributed by atoms with E-state index in [-0.39, 0.29) is 23.6 Å². The van der Waals surface area contributed by atoms with Gasteiger partial charge in [0.15, 0.2) is 17.3 Å². The molecule has 1 aliphatic heterocycles. The summed E-state index contributed by atoms with van der Waals surface area (Å²) in [5.74, 6) is 0.872. The van der Waals surface area contributed by atoms with E-state index in [1.165, 1.54) is 20.3 Å². The number of hydrogen-bond acceptors (Lipinski definition) is 9. The highest BCUT2D eigenvalue weighted by Crippen LogP contribution is 2.36. The van der Waals surface area contributed by atoms with Gasteiger partial charge in [0.2, 0.25) is 5.95 Å². The number of ketones is 1. The van der Waals surface area contributed by atoms with Gasteiger partial charge in [0.1, 0.15) is 11.9 Å². The number of hydrazone groups is 1. The quantitative estimate of drug-likeness (QED) is 0.246. The standard InChI is InChI=1S/C31H30N6O3/c1-19-7-6-9-21(13-19)28-24-10-5-4-8-22(24)18-35-37(28)12-11-26(38)25-15-20(16-27(39-2)29(25)40-3)14-23-17-34-31(33)36-30(23)32/h4-13,15-18,28H,14H2,1-3H3,(H4,32,33,34,36)/b12-11+. The SMILES string of the molecule is COc1cc(Cc2cnc(N)nc2N)cc(C(=O)/C=C/N2N=Cc3ccccc3C2c2cccc(C)c2)c1OC. The largest absolute Gasteiger partial charge is 0.493 e. The zero-order valence-electron chi connectivity index (χ0n) is 22.5. The van der Waals surface area contributed by atoms with Crippen molar-refractivity contribution in [2.45, 2.75) is 19.4 Å². The lowest BCUT2D eigenvalue weighted by Crippen LogP contribution is -2.25. The van der Waals surface area contributed by atoms with E-state index in [4.69, 9.17) is 20.9 Å². The van der Waals surface area contributed by atoms with Crippen LogP contribution in [-0.2, 0) is 6.42 Å². The Balaban J connectivity index is 1.50. The predicted molar refractivity (Wildman–Crippen MR) is 156 cm³/mol. The number of methoxy groups -OCH3 is 2. The molecule has 4 aromatic rings. The molecule has 0 amide bonds. The number of hydrogen-bond donors (Lipinski definition) is 2. The van der Waals surface area contributed by atoms with Crippen LogP contribution in [0.15, 0.2) is 84.2 Å². The molecule has 1 atom stereocenters. The first-order chi connectivity index (χ1) is 19.4. The van der Waals surface area contributed by atoms with E-state index in [2.05, 4.69) is 46.3 Å². The Morgan fingerprint density at radius 3 is 2.62 bits per heavy atom. The number of allylic oxidation sites excluding steroid dienone is 1. The molecule has 5 rings (SSSR count). The molecule has 0 aliphatic carbocycles. The van der Waals surface area contributed by atoms with Gasteiger partial charge in [0.25, 0.3) is 0 Å². The maximum Gasteiger partial charge on any atom is 0.221 e. The Hall–Kier alpha value is -5.18. The summed E-state index contributed by atoms with van der Waals surface area (Å²) < 4.78 is 11.1. The maximum atomic E-state index is 13.6. The van der Waals surface area contributed by atoms with Gasteiger partial charge in [0.05, 0.1) is 26.0 Å². The van der Waals surface area contributed by atoms with E-state index >= 15 is 0 Å². The highest BCUT2D eigenvalue weighted by Gasteiger charge is 2.26. The van der Waals surface area contributed by atoms with Gasteiger partial charge < -0.3 is 20.9 Å². The molecule has 0 saturated carbocycles. The van der Waals surface area contributed by atoms with Gasteiger partial charge >= 0.3 is 0 Å². The minimum absolute atomic E-state index is 0.0986. The second-order valence-corrected chi connectivity index (χ2v) is 9.44. The fourth-order valence-electron chi connectivity index (χ4n) is 4.84. The molecule has 0 saturated heterocycles. The number of rotatable bonds is 8. The molecule has 4 N–H and O–H groups in total. The summed E-state index contributed by atoms with van der Waals surface area (Å²) in [6, 6.07) is 19.8. The van der Waals surface area contributed by atoms with Gasteiger partial charge in [-0.25, -0.2) is 4.98 Å². The second kappa shape index (κ2) is 11.3. The molecule has 3 aromatic carbocycles. The Morgan fingerprint density at radius 1 is 1.05 bits per heavy atom. The summed E-state index contributed by atoms with van der Waals surface area (Å²) >= 11 is 0. The van der Waals surface area contributed by atoms with E-state index in [0.717, 1.165) is 27.8 Å². The zero-order valence-corrected chi connectivity index (χ0v) is 22.5. The summed E-state index contributed by atoms with van der Waals surface area (Å²) in [6.07, 6.45) is 6.95. The van der Waals surface area contributed by atoms with E-state index < -0.39 is 0 Å².